The van der Waals surface area contributed by atoms with Gasteiger partial charge in [0.05, 0.1) is 0 Å². The van der Waals surface area contributed by atoms with Crippen LogP contribution in [0.3, 0.4) is 0 Å². The number of rotatable bonds is 9. The molecule has 0 unspecified atom stereocenters. The minimum atomic E-state index is 0.0272. The van der Waals surface area contributed by atoms with Crippen LogP contribution < -0.4 is 0 Å². The summed E-state index contributed by atoms with van der Waals surface area (Å²) in [5.41, 5.74) is 1.17. The summed E-state index contributed by atoms with van der Waals surface area (Å²) in [5, 5.41) is 0. The Labute approximate surface area is 117 Å². The van der Waals surface area contributed by atoms with E-state index in [4.69, 9.17) is 0 Å². The van der Waals surface area contributed by atoms with Gasteiger partial charge in [-0.1, -0.05) is 69.5 Å². The van der Waals surface area contributed by atoms with Gasteiger partial charge in [0.25, 0.3) is 0 Å². The summed E-state index contributed by atoms with van der Waals surface area (Å²) in [4.78, 5) is 13.7. The maximum atomic E-state index is 11.8. The number of hydrogen-bond donors (Lipinski definition) is 0. The van der Waals surface area contributed by atoms with Crippen LogP contribution in [0.2, 0.25) is 0 Å². The molecule has 0 aliphatic heterocycles. The second kappa shape index (κ2) is 9.37. The largest absolute Gasteiger partial charge is 0.335 e. The highest BCUT2D eigenvalue weighted by Crippen LogP contribution is 2.09. The molecule has 0 spiro atoms. The van der Waals surface area contributed by atoms with Gasteiger partial charge in [0, 0.05) is 13.1 Å². The smallest absolute Gasteiger partial charge is 0.246 e. The number of carbonyl (C=O) groups is 1. The van der Waals surface area contributed by atoms with Gasteiger partial charge >= 0.3 is 0 Å². The van der Waals surface area contributed by atoms with Gasteiger partial charge in [-0.3, -0.25) is 4.79 Å². The van der Waals surface area contributed by atoms with Crippen molar-refractivity contribution < 1.29 is 4.79 Å². The number of carbonyl (C=O) groups excluding carboxylic acids is 1. The Morgan fingerprint density at radius 3 is 2.47 bits per heavy atom. The van der Waals surface area contributed by atoms with Gasteiger partial charge < -0.3 is 4.90 Å². The van der Waals surface area contributed by atoms with Gasteiger partial charge in [0.1, 0.15) is 0 Å². The zero-order valence-electron chi connectivity index (χ0n) is 12.0. The molecule has 19 heavy (non-hydrogen) atoms. The van der Waals surface area contributed by atoms with E-state index < -0.39 is 0 Å². The van der Waals surface area contributed by atoms with Crippen LogP contribution in [-0.4, -0.2) is 17.4 Å². The fraction of sp³-hybridized carbons (Fsp3) is 0.471. The third kappa shape index (κ3) is 6.23. The summed E-state index contributed by atoms with van der Waals surface area (Å²) in [5.74, 6) is 0.0272. The summed E-state index contributed by atoms with van der Waals surface area (Å²) < 4.78 is 0. The second-order valence-electron chi connectivity index (χ2n) is 4.86. The molecule has 0 aliphatic rings. The van der Waals surface area contributed by atoms with Crippen molar-refractivity contribution in [1.82, 2.24) is 4.90 Å². The van der Waals surface area contributed by atoms with E-state index in [1.54, 1.807) is 0 Å². The second-order valence-corrected chi connectivity index (χ2v) is 4.86. The summed E-state index contributed by atoms with van der Waals surface area (Å²) in [6.07, 6.45) is 7.48. The van der Waals surface area contributed by atoms with Gasteiger partial charge in [-0.15, -0.1) is 0 Å². The highest BCUT2D eigenvalue weighted by atomic mass is 16.2. The van der Waals surface area contributed by atoms with Crippen molar-refractivity contribution in [3.05, 3.63) is 48.6 Å². The number of hydrogen-bond acceptors (Lipinski definition) is 1. The van der Waals surface area contributed by atoms with Gasteiger partial charge in [-0.25, -0.2) is 0 Å². The zero-order valence-corrected chi connectivity index (χ0v) is 12.0. The molecule has 2 nitrogen and oxygen atoms in total. The first-order chi connectivity index (χ1) is 9.27. The monoisotopic (exact) mass is 259 g/mol. The third-order valence-electron chi connectivity index (χ3n) is 3.23. The van der Waals surface area contributed by atoms with Gasteiger partial charge in [-0.2, -0.15) is 0 Å². The summed E-state index contributed by atoms with van der Waals surface area (Å²) in [6, 6.07) is 10.1. The van der Waals surface area contributed by atoms with Crippen LogP contribution in [-0.2, 0) is 11.3 Å². The number of unbranched alkanes of at least 4 members (excludes halogenated alkanes) is 4. The predicted molar refractivity (Wildman–Crippen MR) is 80.8 cm³/mol. The number of nitrogens with zero attached hydrogens (tertiary/aromatic N) is 1. The minimum absolute atomic E-state index is 0.0272. The average molecular weight is 259 g/mol. The minimum Gasteiger partial charge on any atom is -0.335 e. The molecule has 1 amide bonds. The number of amides is 1. The summed E-state index contributed by atoms with van der Waals surface area (Å²) in [7, 11) is 0. The standard InChI is InChI=1S/C17H25NO/c1-3-5-6-7-11-14-18(17(19)4-2)15-16-12-9-8-10-13-16/h4,8-10,12-13H,2-3,5-7,11,14-15H2,1H3. The molecule has 0 bridgehead atoms. The molecule has 1 rings (SSSR count). The van der Waals surface area contributed by atoms with E-state index >= 15 is 0 Å². The van der Waals surface area contributed by atoms with Crippen molar-refractivity contribution >= 4 is 5.91 Å². The van der Waals surface area contributed by atoms with E-state index in [1.165, 1.54) is 37.3 Å². The van der Waals surface area contributed by atoms with Crippen LogP contribution >= 0.6 is 0 Å². The van der Waals surface area contributed by atoms with Gasteiger partial charge in [0.2, 0.25) is 5.91 Å². The predicted octanol–water partition coefficient (Wildman–Crippen LogP) is 4.17. The van der Waals surface area contributed by atoms with Crippen molar-refractivity contribution in [3.8, 4) is 0 Å². The molecular formula is C17H25NO. The van der Waals surface area contributed by atoms with E-state index in [2.05, 4.69) is 25.6 Å². The Morgan fingerprint density at radius 2 is 1.84 bits per heavy atom. The molecule has 0 saturated carbocycles. The van der Waals surface area contributed by atoms with Crippen molar-refractivity contribution in [2.75, 3.05) is 6.54 Å². The molecule has 0 aliphatic carbocycles. The maximum Gasteiger partial charge on any atom is 0.246 e. The highest BCUT2D eigenvalue weighted by Gasteiger charge is 2.10. The fourth-order valence-corrected chi connectivity index (χ4v) is 2.11. The Balaban J connectivity index is 2.44. The van der Waals surface area contributed by atoms with Crippen LogP contribution in [0.5, 0.6) is 0 Å². The molecule has 0 radical (unpaired) electrons. The molecule has 104 valence electrons. The van der Waals surface area contributed by atoms with Crippen LogP contribution in [0.15, 0.2) is 43.0 Å². The SMILES string of the molecule is C=CC(=O)N(CCCCCCC)Cc1ccccc1. The third-order valence-corrected chi connectivity index (χ3v) is 3.23. The molecule has 0 aromatic heterocycles. The lowest BCUT2D eigenvalue weighted by atomic mass is 10.1. The average Bonchev–Trinajstić information content (AvgIpc) is 2.46. The van der Waals surface area contributed by atoms with E-state index in [9.17, 15) is 4.79 Å². The summed E-state index contributed by atoms with van der Waals surface area (Å²) >= 11 is 0. The van der Waals surface area contributed by atoms with Crippen molar-refractivity contribution in [2.45, 2.75) is 45.6 Å². The van der Waals surface area contributed by atoms with Crippen molar-refractivity contribution in [3.63, 3.8) is 0 Å². The quantitative estimate of drug-likeness (QED) is 0.481. The van der Waals surface area contributed by atoms with E-state index in [-0.39, 0.29) is 5.91 Å². The van der Waals surface area contributed by atoms with Crippen molar-refractivity contribution in [1.29, 1.82) is 0 Å². The Kier molecular flexibility index (Phi) is 7.64. The Hall–Kier alpha value is -1.57. The first-order valence-corrected chi connectivity index (χ1v) is 7.23. The lowest BCUT2D eigenvalue weighted by molar-refractivity contribution is -0.126. The first kappa shape index (κ1) is 15.5. The molecule has 1 aromatic carbocycles. The number of benzene rings is 1. The first-order valence-electron chi connectivity index (χ1n) is 7.23. The molecule has 0 saturated heterocycles. The zero-order chi connectivity index (χ0) is 13.9. The van der Waals surface area contributed by atoms with E-state index in [1.807, 2.05) is 23.1 Å². The van der Waals surface area contributed by atoms with E-state index in [0.29, 0.717) is 6.54 Å². The van der Waals surface area contributed by atoms with Crippen LogP contribution in [0.1, 0.15) is 44.6 Å². The maximum absolute atomic E-state index is 11.8. The van der Waals surface area contributed by atoms with Crippen LogP contribution in [0, 0.1) is 0 Å². The van der Waals surface area contributed by atoms with Crippen LogP contribution in [0.25, 0.3) is 0 Å². The van der Waals surface area contributed by atoms with Gasteiger partial charge in [0.15, 0.2) is 0 Å². The molecule has 0 fully saturated rings. The lowest BCUT2D eigenvalue weighted by Crippen LogP contribution is -2.29. The molecule has 0 atom stereocenters. The Morgan fingerprint density at radius 1 is 1.16 bits per heavy atom. The summed E-state index contributed by atoms with van der Waals surface area (Å²) in [6.45, 7) is 7.30. The highest BCUT2D eigenvalue weighted by molar-refractivity contribution is 5.86. The molecule has 0 N–H and O–H groups in total. The topological polar surface area (TPSA) is 20.3 Å². The normalized spacial score (nSPS) is 10.2. The van der Waals surface area contributed by atoms with Gasteiger partial charge in [-0.05, 0) is 18.1 Å². The molecule has 1 aromatic rings. The van der Waals surface area contributed by atoms with Crippen molar-refractivity contribution in [2.24, 2.45) is 0 Å². The molecular weight excluding hydrogens is 234 g/mol. The fourth-order valence-electron chi connectivity index (χ4n) is 2.11. The van der Waals surface area contributed by atoms with Crippen LogP contribution in [0.4, 0.5) is 0 Å². The lowest BCUT2D eigenvalue weighted by Gasteiger charge is -2.21. The molecule has 2 heteroatoms. The molecule has 0 heterocycles. The Bertz CT molecular complexity index is 372. The van der Waals surface area contributed by atoms with E-state index in [0.717, 1.165) is 13.0 Å².